The third-order valence-electron chi connectivity index (χ3n) is 4.79. The predicted molar refractivity (Wildman–Crippen MR) is 108 cm³/mol. The predicted octanol–water partition coefficient (Wildman–Crippen LogP) is 3.88. The largest absolute Gasteiger partial charge is 0.493 e. The number of benzene rings is 2. The van der Waals surface area contributed by atoms with Crippen LogP contribution in [0.15, 0.2) is 59.1 Å². The lowest BCUT2D eigenvalue weighted by Crippen LogP contribution is -2.27. The van der Waals surface area contributed by atoms with Crippen LogP contribution in [0, 0.1) is 0 Å². The van der Waals surface area contributed by atoms with E-state index in [-0.39, 0.29) is 5.91 Å². The maximum absolute atomic E-state index is 12.5. The van der Waals surface area contributed by atoms with Gasteiger partial charge in [0.1, 0.15) is 5.75 Å². The molecule has 0 radical (unpaired) electrons. The van der Waals surface area contributed by atoms with Crippen molar-refractivity contribution < 1.29 is 14.4 Å². The molecule has 0 aliphatic carbocycles. The van der Waals surface area contributed by atoms with Gasteiger partial charge in [0.2, 0.25) is 6.10 Å². The summed E-state index contributed by atoms with van der Waals surface area (Å²) in [4.78, 5) is 22.4. The Balaban J connectivity index is 1.25. The van der Waals surface area contributed by atoms with Crippen LogP contribution in [0.5, 0.6) is 5.75 Å². The third kappa shape index (κ3) is 3.25. The summed E-state index contributed by atoms with van der Waals surface area (Å²) in [5.41, 5.74) is 4.80. The molecule has 7 heteroatoms. The number of carbonyl (C=O) groups is 1. The maximum Gasteiger partial charge on any atom is 0.270 e. The first kappa shape index (κ1) is 16.9. The molecule has 140 valence electrons. The van der Waals surface area contributed by atoms with E-state index < -0.39 is 6.10 Å². The highest BCUT2D eigenvalue weighted by Gasteiger charge is 2.29. The smallest absolute Gasteiger partial charge is 0.270 e. The summed E-state index contributed by atoms with van der Waals surface area (Å²) in [6.45, 7) is 0.728. The van der Waals surface area contributed by atoms with E-state index in [1.807, 2.05) is 47.8 Å². The highest BCUT2D eigenvalue weighted by molar-refractivity contribution is 7.14. The molecule has 0 spiro atoms. The molecule has 3 heterocycles. The van der Waals surface area contributed by atoms with E-state index in [1.165, 1.54) is 16.9 Å². The number of anilines is 1. The first-order valence-corrected chi connectivity index (χ1v) is 9.95. The van der Waals surface area contributed by atoms with Crippen molar-refractivity contribution in [3.63, 3.8) is 0 Å². The van der Waals surface area contributed by atoms with Gasteiger partial charge in [-0.25, -0.2) is 4.98 Å². The SMILES string of the molecule is O=C(Nc1nc(-c2ccc3c(c2)CCO3)cs1)C1CC(c2ccccc2)=NO1. The number of nitrogens with zero attached hydrogens (tertiary/aromatic N) is 2. The zero-order chi connectivity index (χ0) is 18.9. The molecule has 2 aliphatic heterocycles. The highest BCUT2D eigenvalue weighted by Crippen LogP contribution is 2.32. The quantitative estimate of drug-likeness (QED) is 0.733. The summed E-state index contributed by atoms with van der Waals surface area (Å²) in [7, 11) is 0. The summed E-state index contributed by atoms with van der Waals surface area (Å²) in [5.74, 6) is 0.707. The van der Waals surface area contributed by atoms with Gasteiger partial charge < -0.3 is 9.57 Å². The highest BCUT2D eigenvalue weighted by atomic mass is 32.1. The number of thiazole rings is 1. The normalized spacial score (nSPS) is 17.4. The summed E-state index contributed by atoms with van der Waals surface area (Å²) < 4.78 is 5.55. The number of carbonyl (C=O) groups excluding carboxylic acids is 1. The number of rotatable bonds is 4. The molecule has 3 aromatic rings. The molecule has 0 saturated carbocycles. The number of oxime groups is 1. The van der Waals surface area contributed by atoms with Crippen LogP contribution >= 0.6 is 11.3 Å². The number of ether oxygens (including phenoxy) is 1. The van der Waals surface area contributed by atoms with Gasteiger partial charge in [-0.05, 0) is 29.3 Å². The zero-order valence-corrected chi connectivity index (χ0v) is 15.7. The molecule has 0 saturated heterocycles. The second-order valence-corrected chi connectivity index (χ2v) is 7.51. The van der Waals surface area contributed by atoms with Crippen LogP contribution < -0.4 is 10.1 Å². The van der Waals surface area contributed by atoms with Crippen molar-refractivity contribution >= 4 is 28.1 Å². The molecule has 2 aliphatic rings. The van der Waals surface area contributed by atoms with Crippen LogP contribution in [0.1, 0.15) is 17.5 Å². The molecule has 5 rings (SSSR count). The van der Waals surface area contributed by atoms with Gasteiger partial charge in [0, 0.05) is 23.8 Å². The molecule has 1 amide bonds. The Morgan fingerprint density at radius 2 is 2.04 bits per heavy atom. The van der Waals surface area contributed by atoms with Crippen LogP contribution in [0.4, 0.5) is 5.13 Å². The van der Waals surface area contributed by atoms with E-state index in [9.17, 15) is 4.79 Å². The Morgan fingerprint density at radius 1 is 1.14 bits per heavy atom. The summed E-state index contributed by atoms with van der Waals surface area (Å²) in [6, 6.07) is 15.8. The monoisotopic (exact) mass is 391 g/mol. The number of amides is 1. The first-order valence-electron chi connectivity index (χ1n) is 9.07. The topological polar surface area (TPSA) is 72.8 Å². The molecule has 28 heavy (non-hydrogen) atoms. The molecule has 2 aromatic carbocycles. The van der Waals surface area contributed by atoms with Crippen molar-refractivity contribution in [2.45, 2.75) is 18.9 Å². The fraction of sp³-hybridized carbons (Fsp3) is 0.190. The van der Waals surface area contributed by atoms with Crippen molar-refractivity contribution in [2.75, 3.05) is 11.9 Å². The minimum Gasteiger partial charge on any atom is -0.493 e. The van der Waals surface area contributed by atoms with Crippen LogP contribution in [0.3, 0.4) is 0 Å². The number of aromatic nitrogens is 1. The van der Waals surface area contributed by atoms with Gasteiger partial charge in [-0.3, -0.25) is 10.1 Å². The summed E-state index contributed by atoms with van der Waals surface area (Å²) >= 11 is 1.39. The van der Waals surface area contributed by atoms with Crippen LogP contribution in [0.2, 0.25) is 0 Å². The Kier molecular flexibility index (Phi) is 4.29. The number of hydrogen-bond donors (Lipinski definition) is 1. The molecule has 1 atom stereocenters. The lowest BCUT2D eigenvalue weighted by Gasteiger charge is -2.07. The maximum atomic E-state index is 12.5. The van der Waals surface area contributed by atoms with Crippen LogP contribution in [-0.4, -0.2) is 29.3 Å². The first-order chi connectivity index (χ1) is 13.8. The zero-order valence-electron chi connectivity index (χ0n) is 14.9. The van der Waals surface area contributed by atoms with Crippen molar-refractivity contribution in [3.8, 4) is 17.0 Å². The van der Waals surface area contributed by atoms with Gasteiger partial charge >= 0.3 is 0 Å². The minimum absolute atomic E-state index is 0.238. The average molecular weight is 391 g/mol. The molecule has 6 nitrogen and oxygen atoms in total. The second kappa shape index (κ2) is 7.09. The van der Waals surface area contributed by atoms with Gasteiger partial charge in [-0.2, -0.15) is 0 Å². The molecular formula is C21H17N3O3S. The van der Waals surface area contributed by atoms with Crippen molar-refractivity contribution in [1.82, 2.24) is 4.98 Å². The molecule has 1 aromatic heterocycles. The van der Waals surface area contributed by atoms with E-state index in [2.05, 4.69) is 21.5 Å². The molecule has 0 bridgehead atoms. The molecular weight excluding hydrogens is 374 g/mol. The Labute approximate surface area is 165 Å². The standard InChI is InChI=1S/C21H17N3O3S/c25-20(19-11-16(24-27-19)13-4-2-1-3-5-13)23-21-22-17(12-28-21)14-6-7-18-15(10-14)8-9-26-18/h1-7,10,12,19H,8-9,11H2,(H,22,23,25). The van der Waals surface area contributed by atoms with Gasteiger partial charge in [0.25, 0.3) is 5.91 Å². The van der Waals surface area contributed by atoms with E-state index >= 15 is 0 Å². The summed E-state index contributed by atoms with van der Waals surface area (Å²) in [6.07, 6.45) is 0.721. The lowest BCUT2D eigenvalue weighted by atomic mass is 10.1. The van der Waals surface area contributed by atoms with Crippen LogP contribution in [-0.2, 0) is 16.1 Å². The Morgan fingerprint density at radius 3 is 2.93 bits per heavy atom. The van der Waals surface area contributed by atoms with E-state index in [0.717, 1.165) is 41.3 Å². The molecule has 0 fully saturated rings. The van der Waals surface area contributed by atoms with Gasteiger partial charge in [-0.1, -0.05) is 35.5 Å². The third-order valence-corrected chi connectivity index (χ3v) is 5.55. The van der Waals surface area contributed by atoms with Gasteiger partial charge in [-0.15, -0.1) is 11.3 Å². The van der Waals surface area contributed by atoms with E-state index in [4.69, 9.17) is 9.57 Å². The number of nitrogens with one attached hydrogen (secondary N) is 1. The Bertz CT molecular complexity index is 1060. The van der Waals surface area contributed by atoms with E-state index in [0.29, 0.717) is 11.6 Å². The van der Waals surface area contributed by atoms with Crippen LogP contribution in [0.25, 0.3) is 11.3 Å². The van der Waals surface area contributed by atoms with Gasteiger partial charge in [0.15, 0.2) is 5.13 Å². The van der Waals surface area contributed by atoms with Crippen molar-refractivity contribution in [1.29, 1.82) is 0 Å². The second-order valence-electron chi connectivity index (χ2n) is 6.65. The fourth-order valence-corrected chi connectivity index (χ4v) is 4.04. The number of fused-ring (bicyclic) bond motifs is 1. The van der Waals surface area contributed by atoms with Crippen molar-refractivity contribution in [3.05, 3.63) is 65.0 Å². The Hall–Kier alpha value is -3.19. The summed E-state index contributed by atoms with van der Waals surface area (Å²) in [5, 5.41) is 9.40. The average Bonchev–Trinajstić information content (AvgIpc) is 3.48. The lowest BCUT2D eigenvalue weighted by molar-refractivity contribution is -0.125. The van der Waals surface area contributed by atoms with E-state index in [1.54, 1.807) is 0 Å². The molecule has 1 unspecified atom stereocenters. The van der Waals surface area contributed by atoms with Gasteiger partial charge in [0.05, 0.1) is 18.0 Å². The minimum atomic E-state index is -0.639. The van der Waals surface area contributed by atoms with Crippen molar-refractivity contribution in [2.24, 2.45) is 5.16 Å². The fourth-order valence-electron chi connectivity index (χ4n) is 3.31. The number of hydrogen-bond acceptors (Lipinski definition) is 6. The molecule has 1 N–H and O–H groups in total.